The summed E-state index contributed by atoms with van der Waals surface area (Å²) >= 11 is 0. The van der Waals surface area contributed by atoms with Crippen LogP contribution in [0.5, 0.6) is 11.5 Å². The number of para-hydroxylation sites is 1. The van der Waals surface area contributed by atoms with Crippen LogP contribution in [0.1, 0.15) is 23.6 Å². The van der Waals surface area contributed by atoms with Crippen molar-refractivity contribution in [3.63, 3.8) is 0 Å². The Balaban J connectivity index is 1.76. The molecule has 0 aliphatic carbocycles. The summed E-state index contributed by atoms with van der Waals surface area (Å²) in [5.41, 5.74) is 6.79. The van der Waals surface area contributed by atoms with E-state index in [4.69, 9.17) is 15.2 Å². The number of benzene rings is 2. The molecule has 2 aromatic carbocycles. The van der Waals surface area contributed by atoms with E-state index in [0.29, 0.717) is 23.0 Å². The lowest BCUT2D eigenvalue weighted by molar-refractivity contribution is -0.120. The summed E-state index contributed by atoms with van der Waals surface area (Å²) in [6, 6.07) is 11.4. The molecule has 3 N–H and O–H groups in total. The van der Waals surface area contributed by atoms with E-state index in [1.54, 1.807) is 36.4 Å². The van der Waals surface area contributed by atoms with Crippen molar-refractivity contribution in [2.24, 2.45) is 5.73 Å². The van der Waals surface area contributed by atoms with Gasteiger partial charge < -0.3 is 20.5 Å². The number of methoxy groups -OCH3 is 1. The number of hydrogen-bond donors (Lipinski definition) is 2. The normalized spacial score (nSPS) is 15.3. The number of halogens is 1. The molecule has 0 saturated heterocycles. The Hall–Kier alpha value is -3.88. The topological polar surface area (TPSA) is 108 Å². The van der Waals surface area contributed by atoms with Crippen LogP contribution in [0.3, 0.4) is 0 Å². The van der Waals surface area contributed by atoms with E-state index in [1.807, 2.05) is 0 Å². The van der Waals surface area contributed by atoms with Crippen molar-refractivity contribution in [3.8, 4) is 17.2 Å². The van der Waals surface area contributed by atoms with Crippen molar-refractivity contribution in [1.29, 1.82) is 0 Å². The lowest BCUT2D eigenvalue weighted by Gasteiger charge is -2.24. The molecular weight excluding hydrogens is 391 g/mol. The van der Waals surface area contributed by atoms with Crippen molar-refractivity contribution in [2.45, 2.75) is 12.3 Å². The van der Waals surface area contributed by atoms with Crippen LogP contribution in [0, 0.1) is 5.82 Å². The van der Waals surface area contributed by atoms with Gasteiger partial charge in [0.25, 0.3) is 5.91 Å². The number of ether oxygens (including phenoxy) is 2. The molecule has 1 aliphatic heterocycles. The van der Waals surface area contributed by atoms with Crippen LogP contribution in [0.2, 0.25) is 0 Å². The highest BCUT2D eigenvalue weighted by molar-refractivity contribution is 5.94. The third-order valence-corrected chi connectivity index (χ3v) is 4.85. The number of fused-ring (bicyclic) bond motifs is 1. The van der Waals surface area contributed by atoms with Crippen LogP contribution in [0.25, 0.3) is 5.69 Å². The molecule has 0 spiro atoms. The Bertz CT molecular complexity index is 1130. The Labute approximate surface area is 171 Å². The molecule has 1 unspecified atom stereocenters. The summed E-state index contributed by atoms with van der Waals surface area (Å²) in [4.78, 5) is 28.0. The van der Waals surface area contributed by atoms with Crippen molar-refractivity contribution in [1.82, 2.24) is 9.55 Å². The monoisotopic (exact) mass is 410 g/mol. The van der Waals surface area contributed by atoms with Crippen LogP contribution in [0.15, 0.2) is 48.8 Å². The van der Waals surface area contributed by atoms with E-state index in [9.17, 15) is 14.0 Å². The molecular formula is C21H19FN4O4. The minimum atomic E-state index is -0.620. The molecule has 3 aromatic rings. The van der Waals surface area contributed by atoms with Gasteiger partial charge in [-0.3, -0.25) is 14.2 Å². The SMILES string of the molecule is COc1ccc(C2CC(=O)Nc3c2ncn3-c2ccccc2F)cc1OCC(N)=O. The Morgan fingerprint density at radius 3 is 2.83 bits per heavy atom. The van der Waals surface area contributed by atoms with E-state index in [2.05, 4.69) is 10.3 Å². The molecule has 4 rings (SSSR count). The number of nitrogens with one attached hydrogen (secondary N) is 1. The first-order valence-corrected chi connectivity index (χ1v) is 9.19. The zero-order valence-electron chi connectivity index (χ0n) is 16.1. The van der Waals surface area contributed by atoms with Crippen molar-refractivity contribution >= 4 is 17.6 Å². The lowest BCUT2D eigenvalue weighted by Crippen LogP contribution is -2.25. The first-order chi connectivity index (χ1) is 14.5. The Morgan fingerprint density at radius 2 is 2.10 bits per heavy atom. The smallest absolute Gasteiger partial charge is 0.255 e. The van der Waals surface area contributed by atoms with E-state index >= 15 is 0 Å². The maximum absolute atomic E-state index is 14.3. The van der Waals surface area contributed by atoms with Crippen LogP contribution >= 0.6 is 0 Å². The first-order valence-electron chi connectivity index (χ1n) is 9.19. The predicted molar refractivity (Wildman–Crippen MR) is 106 cm³/mol. The quantitative estimate of drug-likeness (QED) is 0.649. The largest absolute Gasteiger partial charge is 0.493 e. The van der Waals surface area contributed by atoms with Crippen LogP contribution in [-0.2, 0) is 9.59 Å². The van der Waals surface area contributed by atoms with Gasteiger partial charge in [-0.2, -0.15) is 0 Å². The highest BCUT2D eigenvalue weighted by Crippen LogP contribution is 2.40. The number of carbonyl (C=O) groups excluding carboxylic acids is 2. The fraction of sp³-hybridized carbons (Fsp3) is 0.190. The molecule has 0 fully saturated rings. The number of amides is 2. The molecule has 30 heavy (non-hydrogen) atoms. The Morgan fingerprint density at radius 1 is 1.30 bits per heavy atom. The zero-order valence-corrected chi connectivity index (χ0v) is 16.1. The number of imidazole rings is 1. The third-order valence-electron chi connectivity index (χ3n) is 4.85. The molecule has 8 nitrogen and oxygen atoms in total. The van der Waals surface area contributed by atoms with E-state index in [0.717, 1.165) is 5.56 Å². The summed E-state index contributed by atoms with van der Waals surface area (Å²) < 4.78 is 26.5. The number of aromatic nitrogens is 2. The second-order valence-corrected chi connectivity index (χ2v) is 6.77. The summed E-state index contributed by atoms with van der Waals surface area (Å²) in [5.74, 6) is -0.486. The van der Waals surface area contributed by atoms with Crippen LogP contribution in [-0.4, -0.2) is 35.1 Å². The second kappa shape index (κ2) is 7.86. The van der Waals surface area contributed by atoms with Gasteiger partial charge in [-0.05, 0) is 29.8 Å². The summed E-state index contributed by atoms with van der Waals surface area (Å²) in [5, 5.41) is 2.79. The van der Waals surface area contributed by atoms with Crippen molar-refractivity contribution in [2.75, 3.05) is 19.0 Å². The Kier molecular flexibility index (Phi) is 5.09. The summed E-state index contributed by atoms with van der Waals surface area (Å²) in [6.45, 7) is -0.307. The van der Waals surface area contributed by atoms with Gasteiger partial charge in [0.05, 0.1) is 18.5 Å². The van der Waals surface area contributed by atoms with E-state index in [-0.39, 0.29) is 30.5 Å². The summed E-state index contributed by atoms with van der Waals surface area (Å²) in [6.07, 6.45) is 1.64. The zero-order chi connectivity index (χ0) is 21.3. The molecule has 0 radical (unpaired) electrons. The number of nitrogens with zero attached hydrogens (tertiary/aromatic N) is 2. The molecule has 0 saturated carbocycles. The van der Waals surface area contributed by atoms with Crippen LogP contribution < -0.4 is 20.5 Å². The maximum atomic E-state index is 14.3. The molecule has 1 atom stereocenters. The average molecular weight is 410 g/mol. The highest BCUT2D eigenvalue weighted by Gasteiger charge is 2.32. The van der Waals surface area contributed by atoms with Gasteiger partial charge in [-0.1, -0.05) is 18.2 Å². The molecule has 9 heteroatoms. The number of carbonyl (C=O) groups is 2. The minimum Gasteiger partial charge on any atom is -0.493 e. The number of hydrogen-bond acceptors (Lipinski definition) is 5. The van der Waals surface area contributed by atoms with E-state index < -0.39 is 11.7 Å². The molecule has 154 valence electrons. The van der Waals surface area contributed by atoms with Gasteiger partial charge in [-0.15, -0.1) is 0 Å². The number of anilines is 1. The lowest BCUT2D eigenvalue weighted by atomic mass is 9.89. The van der Waals surface area contributed by atoms with Gasteiger partial charge in [0.15, 0.2) is 18.1 Å². The first kappa shape index (κ1) is 19.4. The summed E-state index contributed by atoms with van der Waals surface area (Å²) in [7, 11) is 1.48. The molecule has 1 aromatic heterocycles. The average Bonchev–Trinajstić information content (AvgIpc) is 3.15. The number of primary amides is 1. The van der Waals surface area contributed by atoms with Gasteiger partial charge in [0.1, 0.15) is 18.0 Å². The van der Waals surface area contributed by atoms with Gasteiger partial charge >= 0.3 is 0 Å². The fourth-order valence-electron chi connectivity index (χ4n) is 3.48. The molecule has 2 amide bonds. The minimum absolute atomic E-state index is 0.156. The number of rotatable bonds is 6. The standard InChI is InChI=1S/C21H19FN4O4/c1-29-16-7-6-12(8-17(16)30-10-18(23)27)13-9-19(28)25-21-20(13)24-11-26(21)15-5-3-2-4-14(15)22/h2-8,11,13H,9-10H2,1H3,(H2,23,27)(H,25,28). The van der Waals surface area contributed by atoms with E-state index in [1.165, 1.54) is 24.1 Å². The van der Waals surface area contributed by atoms with Gasteiger partial charge in [0.2, 0.25) is 5.91 Å². The molecule has 2 heterocycles. The number of nitrogens with two attached hydrogens (primary N) is 1. The maximum Gasteiger partial charge on any atom is 0.255 e. The van der Waals surface area contributed by atoms with Crippen LogP contribution in [0.4, 0.5) is 10.2 Å². The fourth-order valence-corrected chi connectivity index (χ4v) is 3.48. The second-order valence-electron chi connectivity index (χ2n) is 6.77. The van der Waals surface area contributed by atoms with Crippen molar-refractivity contribution in [3.05, 3.63) is 65.9 Å². The predicted octanol–water partition coefficient (Wildman–Crippen LogP) is 2.36. The van der Waals surface area contributed by atoms with Gasteiger partial charge in [-0.25, -0.2) is 9.37 Å². The third kappa shape index (κ3) is 3.57. The molecule has 0 bridgehead atoms. The highest BCUT2D eigenvalue weighted by atomic mass is 19.1. The molecule has 1 aliphatic rings. The van der Waals surface area contributed by atoms with Gasteiger partial charge in [0, 0.05) is 12.3 Å². The van der Waals surface area contributed by atoms with Crippen molar-refractivity contribution < 1.29 is 23.5 Å².